The predicted octanol–water partition coefficient (Wildman–Crippen LogP) is -0.629. The van der Waals surface area contributed by atoms with Gasteiger partial charge in [-0.25, -0.2) is 8.42 Å². The molecule has 2 atom stereocenters. The van der Waals surface area contributed by atoms with Crippen LogP contribution in [0.15, 0.2) is 0 Å². The van der Waals surface area contributed by atoms with Gasteiger partial charge >= 0.3 is 0 Å². The Hall–Kier alpha value is -0.420. The van der Waals surface area contributed by atoms with Crippen molar-refractivity contribution in [2.45, 2.75) is 18.9 Å². The first-order valence-electron chi connectivity index (χ1n) is 4.38. The molecule has 0 spiro atoms. The third-order valence-electron chi connectivity index (χ3n) is 2.88. The Morgan fingerprint density at radius 3 is 2.08 bits per heavy atom. The smallest absolute Gasteiger partial charge is 0.151 e. The van der Waals surface area contributed by atoms with Crippen molar-refractivity contribution in [2.24, 2.45) is 11.8 Å². The molecule has 1 saturated carbocycles. The van der Waals surface area contributed by atoms with Crippen molar-refractivity contribution in [2.75, 3.05) is 11.5 Å². The standard InChI is InChI=1S/C8H12O4S/c9-7-1-5-3-13(11,12)4-6(2-7)8(5)10/h5-6,8,10H,1-4H2. The first-order chi connectivity index (χ1) is 5.98. The van der Waals surface area contributed by atoms with E-state index < -0.39 is 15.9 Å². The molecule has 13 heavy (non-hydrogen) atoms. The van der Waals surface area contributed by atoms with Gasteiger partial charge in [-0.15, -0.1) is 0 Å². The monoisotopic (exact) mass is 204 g/mol. The van der Waals surface area contributed by atoms with Gasteiger partial charge in [0.1, 0.15) is 5.78 Å². The van der Waals surface area contributed by atoms with Crippen molar-refractivity contribution in [3.05, 3.63) is 0 Å². The summed E-state index contributed by atoms with van der Waals surface area (Å²) in [6.07, 6.45) is -0.116. The van der Waals surface area contributed by atoms with E-state index in [2.05, 4.69) is 0 Å². The van der Waals surface area contributed by atoms with Gasteiger partial charge in [0.15, 0.2) is 9.84 Å². The molecule has 74 valence electrons. The molecule has 0 aromatic rings. The number of carbonyl (C=O) groups excluding carboxylic acids is 1. The van der Waals surface area contributed by atoms with Crippen LogP contribution >= 0.6 is 0 Å². The number of ketones is 1. The summed E-state index contributed by atoms with van der Waals surface area (Å²) in [5.74, 6) is -0.627. The van der Waals surface area contributed by atoms with Crippen LogP contribution < -0.4 is 0 Å². The van der Waals surface area contributed by atoms with E-state index in [1.807, 2.05) is 0 Å². The summed E-state index contributed by atoms with van der Waals surface area (Å²) in [4.78, 5) is 11.1. The van der Waals surface area contributed by atoms with Crippen molar-refractivity contribution >= 4 is 15.6 Å². The summed E-state index contributed by atoms with van der Waals surface area (Å²) in [5.41, 5.74) is 0. The zero-order valence-corrected chi connectivity index (χ0v) is 7.96. The Kier molecular flexibility index (Phi) is 1.96. The maximum absolute atomic E-state index is 11.3. The summed E-state index contributed by atoms with van der Waals surface area (Å²) < 4.78 is 22.6. The zero-order valence-electron chi connectivity index (χ0n) is 7.14. The number of sulfone groups is 1. The van der Waals surface area contributed by atoms with E-state index in [4.69, 9.17) is 0 Å². The van der Waals surface area contributed by atoms with Crippen LogP contribution in [0.25, 0.3) is 0 Å². The minimum Gasteiger partial charge on any atom is -0.392 e. The average molecular weight is 204 g/mol. The molecule has 5 heteroatoms. The molecule has 1 aliphatic carbocycles. The van der Waals surface area contributed by atoms with Crippen LogP contribution in [0, 0.1) is 11.8 Å². The minimum absolute atomic E-state index is 0.0175. The topological polar surface area (TPSA) is 71.4 Å². The molecule has 0 aromatic heterocycles. The molecule has 1 heterocycles. The van der Waals surface area contributed by atoms with Gasteiger partial charge in [0.25, 0.3) is 0 Å². The van der Waals surface area contributed by atoms with E-state index in [-0.39, 0.29) is 42.0 Å². The molecular formula is C8H12O4S. The first kappa shape index (κ1) is 9.15. The summed E-state index contributed by atoms with van der Waals surface area (Å²) in [5, 5.41) is 9.62. The lowest BCUT2D eigenvalue weighted by Gasteiger charge is -2.37. The molecule has 2 fully saturated rings. The average Bonchev–Trinajstić information content (AvgIpc) is 1.94. The molecule has 2 aliphatic rings. The molecule has 0 amide bonds. The largest absolute Gasteiger partial charge is 0.392 e. The van der Waals surface area contributed by atoms with Crippen molar-refractivity contribution in [1.82, 2.24) is 0 Å². The van der Waals surface area contributed by atoms with Crippen LogP contribution in [0.5, 0.6) is 0 Å². The van der Waals surface area contributed by atoms with Gasteiger partial charge in [0.2, 0.25) is 0 Å². The maximum Gasteiger partial charge on any atom is 0.151 e. The van der Waals surface area contributed by atoms with Crippen LogP contribution in [0.4, 0.5) is 0 Å². The number of carbonyl (C=O) groups is 1. The molecule has 2 bridgehead atoms. The highest BCUT2D eigenvalue weighted by Gasteiger charge is 2.44. The SMILES string of the molecule is O=C1CC2CS(=O)(=O)CC(C1)C2O. The number of aliphatic hydroxyl groups excluding tert-OH is 1. The van der Waals surface area contributed by atoms with Gasteiger partial charge in [-0.1, -0.05) is 0 Å². The lowest BCUT2D eigenvalue weighted by atomic mass is 9.79. The predicted molar refractivity (Wildman–Crippen MR) is 45.9 cm³/mol. The second-order valence-electron chi connectivity index (χ2n) is 4.03. The number of rotatable bonds is 0. The summed E-state index contributed by atoms with van der Waals surface area (Å²) in [7, 11) is -3.01. The zero-order chi connectivity index (χ0) is 9.64. The van der Waals surface area contributed by atoms with Crippen molar-refractivity contribution < 1.29 is 18.3 Å². The molecule has 0 radical (unpaired) electrons. The Morgan fingerprint density at radius 1 is 1.15 bits per heavy atom. The highest BCUT2D eigenvalue weighted by atomic mass is 32.2. The second-order valence-corrected chi connectivity index (χ2v) is 6.19. The first-order valence-corrected chi connectivity index (χ1v) is 6.20. The van der Waals surface area contributed by atoms with Crippen LogP contribution in [0.3, 0.4) is 0 Å². The maximum atomic E-state index is 11.3. The van der Waals surface area contributed by atoms with Crippen molar-refractivity contribution in [1.29, 1.82) is 0 Å². The van der Waals surface area contributed by atoms with Crippen LogP contribution in [-0.2, 0) is 14.6 Å². The van der Waals surface area contributed by atoms with Crippen LogP contribution in [-0.4, -0.2) is 36.9 Å². The molecule has 2 unspecified atom stereocenters. The van der Waals surface area contributed by atoms with E-state index in [9.17, 15) is 18.3 Å². The third kappa shape index (κ3) is 1.62. The van der Waals surface area contributed by atoms with Crippen molar-refractivity contribution in [3.8, 4) is 0 Å². The summed E-state index contributed by atoms with van der Waals surface area (Å²) in [6, 6.07) is 0. The van der Waals surface area contributed by atoms with Gasteiger partial charge in [-0.05, 0) is 0 Å². The third-order valence-corrected chi connectivity index (χ3v) is 4.75. The van der Waals surface area contributed by atoms with Crippen LogP contribution in [0.1, 0.15) is 12.8 Å². The molecule has 0 aromatic carbocycles. The number of hydrogen-bond donors (Lipinski definition) is 1. The number of aliphatic hydroxyl groups is 1. The lowest BCUT2D eigenvalue weighted by molar-refractivity contribution is -0.126. The van der Waals surface area contributed by atoms with Gasteiger partial charge in [0, 0.05) is 24.7 Å². The number of Topliss-reactive ketones (excluding diaryl/α,β-unsaturated/α-hetero) is 1. The fourth-order valence-corrected chi connectivity index (χ4v) is 4.40. The highest BCUT2D eigenvalue weighted by Crippen LogP contribution is 2.34. The number of fused-ring (bicyclic) bond motifs is 2. The molecule has 4 nitrogen and oxygen atoms in total. The Bertz CT molecular complexity index is 308. The fourth-order valence-electron chi connectivity index (χ4n) is 2.33. The van der Waals surface area contributed by atoms with Crippen molar-refractivity contribution in [3.63, 3.8) is 0 Å². The fraction of sp³-hybridized carbons (Fsp3) is 0.875. The quantitative estimate of drug-likeness (QED) is 0.570. The Labute approximate surface area is 76.9 Å². The molecule has 2 rings (SSSR count). The minimum atomic E-state index is -3.01. The normalized spacial score (nSPS) is 43.2. The molecule has 1 aliphatic heterocycles. The summed E-state index contributed by atoms with van der Waals surface area (Å²) >= 11 is 0. The Balaban J connectivity index is 2.28. The number of hydrogen-bond acceptors (Lipinski definition) is 4. The van der Waals surface area contributed by atoms with Gasteiger partial charge < -0.3 is 5.11 Å². The van der Waals surface area contributed by atoms with E-state index in [0.717, 1.165) is 0 Å². The lowest BCUT2D eigenvalue weighted by Crippen LogP contribution is -2.48. The summed E-state index contributed by atoms with van der Waals surface area (Å²) in [6.45, 7) is 0. The Morgan fingerprint density at radius 2 is 1.62 bits per heavy atom. The van der Waals surface area contributed by atoms with Gasteiger partial charge in [-0.3, -0.25) is 4.79 Å². The van der Waals surface area contributed by atoms with Gasteiger partial charge in [0.05, 0.1) is 17.6 Å². The highest BCUT2D eigenvalue weighted by molar-refractivity contribution is 7.91. The van der Waals surface area contributed by atoms with E-state index in [0.29, 0.717) is 0 Å². The molecule has 1 saturated heterocycles. The second kappa shape index (κ2) is 2.78. The molecular weight excluding hydrogens is 192 g/mol. The van der Waals surface area contributed by atoms with E-state index >= 15 is 0 Å². The van der Waals surface area contributed by atoms with E-state index in [1.165, 1.54) is 0 Å². The van der Waals surface area contributed by atoms with Gasteiger partial charge in [-0.2, -0.15) is 0 Å². The van der Waals surface area contributed by atoms with Crippen LogP contribution in [0.2, 0.25) is 0 Å². The molecule has 1 N–H and O–H groups in total. The van der Waals surface area contributed by atoms with E-state index in [1.54, 1.807) is 0 Å².